The number of halogens is 1. The lowest BCUT2D eigenvalue weighted by Crippen LogP contribution is -2.35. The molecule has 0 saturated carbocycles. The Balaban J connectivity index is 1.98. The van der Waals surface area contributed by atoms with Gasteiger partial charge in [-0.05, 0) is 48.9 Å². The maximum absolute atomic E-state index is 6.40. The smallest absolute Gasteiger partial charge is 0.0471 e. The van der Waals surface area contributed by atoms with Crippen molar-refractivity contribution in [1.29, 1.82) is 0 Å². The molecular weight excluding hydrogens is 268 g/mol. The molecule has 0 radical (unpaired) electrons. The van der Waals surface area contributed by atoms with Gasteiger partial charge in [0.1, 0.15) is 0 Å². The van der Waals surface area contributed by atoms with Crippen molar-refractivity contribution < 1.29 is 0 Å². The second-order valence-electron chi connectivity index (χ2n) is 6.12. The van der Waals surface area contributed by atoms with E-state index in [0.717, 1.165) is 43.0 Å². The Kier molecular flexibility index (Phi) is 5.74. The third-order valence-electron chi connectivity index (χ3n) is 4.45. The molecule has 0 aliphatic carbocycles. The third kappa shape index (κ3) is 3.89. The van der Waals surface area contributed by atoms with Crippen molar-refractivity contribution in [2.45, 2.75) is 40.2 Å². The van der Waals surface area contributed by atoms with Crippen LogP contribution in [0.25, 0.3) is 0 Å². The van der Waals surface area contributed by atoms with Gasteiger partial charge in [-0.1, -0.05) is 38.4 Å². The number of nitrogens with one attached hydrogen (secondary N) is 1. The van der Waals surface area contributed by atoms with E-state index in [4.69, 9.17) is 11.6 Å². The van der Waals surface area contributed by atoms with Crippen molar-refractivity contribution in [2.24, 2.45) is 11.8 Å². The van der Waals surface area contributed by atoms with Crippen molar-refractivity contribution in [3.05, 3.63) is 28.8 Å². The fourth-order valence-corrected chi connectivity index (χ4v) is 3.20. The summed E-state index contributed by atoms with van der Waals surface area (Å²) >= 11 is 6.40. The maximum Gasteiger partial charge on any atom is 0.0471 e. The summed E-state index contributed by atoms with van der Waals surface area (Å²) in [5.74, 6) is 1.69. The Labute approximate surface area is 128 Å². The largest absolute Gasteiger partial charge is 0.371 e. The molecule has 0 unspecified atom stereocenters. The molecule has 1 heterocycles. The first-order valence-corrected chi connectivity index (χ1v) is 8.23. The third-order valence-corrected chi connectivity index (χ3v) is 4.80. The predicted molar refractivity (Wildman–Crippen MR) is 88.6 cm³/mol. The lowest BCUT2D eigenvalue weighted by atomic mass is 9.86. The van der Waals surface area contributed by atoms with Crippen LogP contribution in [0.3, 0.4) is 0 Å². The average molecular weight is 295 g/mol. The normalized spacial score (nSPS) is 16.9. The zero-order chi connectivity index (χ0) is 14.5. The van der Waals surface area contributed by atoms with Gasteiger partial charge in [0.15, 0.2) is 0 Å². The minimum absolute atomic E-state index is 0.809. The zero-order valence-electron chi connectivity index (χ0n) is 13.0. The summed E-state index contributed by atoms with van der Waals surface area (Å²) in [6, 6.07) is 6.51. The van der Waals surface area contributed by atoms with Crippen LogP contribution in [0.5, 0.6) is 0 Å². The van der Waals surface area contributed by atoms with Gasteiger partial charge < -0.3 is 10.2 Å². The Morgan fingerprint density at radius 1 is 1.30 bits per heavy atom. The highest BCUT2D eigenvalue weighted by molar-refractivity contribution is 6.31. The van der Waals surface area contributed by atoms with Gasteiger partial charge in [0, 0.05) is 30.3 Å². The molecule has 1 aliphatic rings. The number of rotatable bonds is 5. The maximum atomic E-state index is 6.40. The van der Waals surface area contributed by atoms with Crippen LogP contribution in [0.4, 0.5) is 5.69 Å². The summed E-state index contributed by atoms with van der Waals surface area (Å²) in [5.41, 5.74) is 2.46. The van der Waals surface area contributed by atoms with Crippen LogP contribution >= 0.6 is 11.6 Å². The molecule has 1 aliphatic heterocycles. The molecular formula is C17H27ClN2. The predicted octanol–water partition coefficient (Wildman–Crippen LogP) is 4.32. The van der Waals surface area contributed by atoms with Gasteiger partial charge >= 0.3 is 0 Å². The minimum Gasteiger partial charge on any atom is -0.371 e. The molecule has 1 saturated heterocycles. The Hall–Kier alpha value is -0.730. The average Bonchev–Trinajstić information content (AvgIpc) is 2.46. The molecule has 0 amide bonds. The summed E-state index contributed by atoms with van der Waals surface area (Å²) in [7, 11) is 0. The molecule has 2 rings (SSSR count). The molecule has 0 atom stereocenters. The number of nitrogens with zero attached hydrogens (tertiary/aromatic N) is 1. The molecule has 0 spiro atoms. The van der Waals surface area contributed by atoms with Crippen LogP contribution in [-0.4, -0.2) is 19.6 Å². The Morgan fingerprint density at radius 2 is 2.00 bits per heavy atom. The molecule has 1 aromatic carbocycles. The first-order chi connectivity index (χ1) is 9.61. The number of hydrogen-bond donors (Lipinski definition) is 1. The lowest BCUT2D eigenvalue weighted by Gasteiger charge is -2.35. The number of piperidine rings is 1. The Bertz CT molecular complexity index is 423. The summed E-state index contributed by atoms with van der Waals surface area (Å²) in [4.78, 5) is 2.47. The van der Waals surface area contributed by atoms with Crippen molar-refractivity contribution in [3.63, 3.8) is 0 Å². The first-order valence-electron chi connectivity index (χ1n) is 7.86. The number of benzene rings is 1. The highest BCUT2D eigenvalue weighted by Gasteiger charge is 2.21. The minimum atomic E-state index is 0.809. The molecule has 3 heteroatoms. The SMILES string of the molecule is CCNCc1ccc(N2CCC(C(C)C)CC2)cc1Cl. The van der Waals surface area contributed by atoms with E-state index in [1.165, 1.54) is 24.1 Å². The zero-order valence-corrected chi connectivity index (χ0v) is 13.7. The second kappa shape index (κ2) is 7.33. The van der Waals surface area contributed by atoms with Crippen LogP contribution < -0.4 is 10.2 Å². The van der Waals surface area contributed by atoms with E-state index < -0.39 is 0 Å². The van der Waals surface area contributed by atoms with Crippen LogP contribution in [0.1, 0.15) is 39.2 Å². The first kappa shape index (κ1) is 15.7. The molecule has 2 nitrogen and oxygen atoms in total. The van der Waals surface area contributed by atoms with Gasteiger partial charge in [-0.2, -0.15) is 0 Å². The van der Waals surface area contributed by atoms with E-state index in [9.17, 15) is 0 Å². The molecule has 1 N–H and O–H groups in total. The van der Waals surface area contributed by atoms with E-state index in [-0.39, 0.29) is 0 Å². The Morgan fingerprint density at radius 3 is 2.55 bits per heavy atom. The molecule has 112 valence electrons. The molecule has 20 heavy (non-hydrogen) atoms. The van der Waals surface area contributed by atoms with Crippen LogP contribution in [0, 0.1) is 11.8 Å². The molecule has 1 aromatic rings. The van der Waals surface area contributed by atoms with Gasteiger partial charge in [0.05, 0.1) is 0 Å². The van der Waals surface area contributed by atoms with Gasteiger partial charge in [-0.3, -0.25) is 0 Å². The van der Waals surface area contributed by atoms with Gasteiger partial charge in [-0.25, -0.2) is 0 Å². The molecule has 1 fully saturated rings. The van der Waals surface area contributed by atoms with E-state index in [1.807, 2.05) is 0 Å². The summed E-state index contributed by atoms with van der Waals surface area (Å²) in [6.45, 7) is 10.9. The monoisotopic (exact) mass is 294 g/mol. The van der Waals surface area contributed by atoms with E-state index in [1.54, 1.807) is 0 Å². The fourth-order valence-electron chi connectivity index (χ4n) is 2.96. The molecule has 0 aromatic heterocycles. The highest BCUT2D eigenvalue weighted by atomic mass is 35.5. The van der Waals surface area contributed by atoms with Gasteiger partial charge in [0.2, 0.25) is 0 Å². The van der Waals surface area contributed by atoms with Crippen LogP contribution in [-0.2, 0) is 6.54 Å². The lowest BCUT2D eigenvalue weighted by molar-refractivity contribution is 0.311. The quantitative estimate of drug-likeness (QED) is 0.870. The number of hydrogen-bond acceptors (Lipinski definition) is 2. The van der Waals surface area contributed by atoms with Crippen molar-refractivity contribution >= 4 is 17.3 Å². The van der Waals surface area contributed by atoms with Gasteiger partial charge in [0.25, 0.3) is 0 Å². The van der Waals surface area contributed by atoms with Crippen molar-refractivity contribution in [1.82, 2.24) is 5.32 Å². The van der Waals surface area contributed by atoms with Crippen molar-refractivity contribution in [2.75, 3.05) is 24.5 Å². The van der Waals surface area contributed by atoms with E-state index in [0.29, 0.717) is 0 Å². The summed E-state index contributed by atoms with van der Waals surface area (Å²) < 4.78 is 0. The molecule has 0 bridgehead atoms. The van der Waals surface area contributed by atoms with E-state index in [2.05, 4.69) is 49.2 Å². The topological polar surface area (TPSA) is 15.3 Å². The summed E-state index contributed by atoms with van der Waals surface area (Å²) in [5, 5.41) is 4.21. The fraction of sp³-hybridized carbons (Fsp3) is 0.647. The summed E-state index contributed by atoms with van der Waals surface area (Å²) in [6.07, 6.45) is 2.60. The standard InChI is InChI=1S/C17H27ClN2/c1-4-19-12-15-5-6-16(11-17(15)18)20-9-7-14(8-10-20)13(2)3/h5-6,11,13-14,19H,4,7-10,12H2,1-3H3. The van der Waals surface area contributed by atoms with Crippen molar-refractivity contribution in [3.8, 4) is 0 Å². The highest BCUT2D eigenvalue weighted by Crippen LogP contribution is 2.30. The van der Waals surface area contributed by atoms with Crippen LogP contribution in [0.2, 0.25) is 5.02 Å². The van der Waals surface area contributed by atoms with Gasteiger partial charge in [-0.15, -0.1) is 0 Å². The second-order valence-corrected chi connectivity index (χ2v) is 6.53. The number of anilines is 1. The van der Waals surface area contributed by atoms with E-state index >= 15 is 0 Å². The van der Waals surface area contributed by atoms with Crippen LogP contribution in [0.15, 0.2) is 18.2 Å².